The fourth-order valence-corrected chi connectivity index (χ4v) is 2.81. The van der Waals surface area contributed by atoms with Gasteiger partial charge in [-0.05, 0) is 25.1 Å². The van der Waals surface area contributed by atoms with E-state index in [2.05, 4.69) is 0 Å². The molecule has 0 saturated heterocycles. The Labute approximate surface area is 140 Å². The molecule has 7 heteroatoms. The van der Waals surface area contributed by atoms with Crippen LogP contribution in [0.15, 0.2) is 29.5 Å². The Bertz CT molecular complexity index is 682. The van der Waals surface area contributed by atoms with Crippen molar-refractivity contribution in [3.63, 3.8) is 0 Å². The molecule has 7 nitrogen and oxygen atoms in total. The molecular weight excluding hydrogens is 314 g/mol. The summed E-state index contributed by atoms with van der Waals surface area (Å²) in [5.74, 6) is -0.472. The molecule has 1 aromatic rings. The predicted molar refractivity (Wildman–Crippen MR) is 86.2 cm³/mol. The minimum Gasteiger partial charge on any atom is -0.503 e. The van der Waals surface area contributed by atoms with Crippen LogP contribution in [0.25, 0.3) is 0 Å². The van der Waals surface area contributed by atoms with Crippen molar-refractivity contribution in [2.75, 3.05) is 34.5 Å². The first-order chi connectivity index (χ1) is 11.5. The first-order valence-corrected chi connectivity index (χ1v) is 7.42. The van der Waals surface area contributed by atoms with E-state index in [9.17, 15) is 14.7 Å². The highest BCUT2D eigenvalue weighted by Crippen LogP contribution is 2.42. The van der Waals surface area contributed by atoms with Crippen molar-refractivity contribution < 1.29 is 28.9 Å². The number of hydrogen-bond acceptors (Lipinski definition) is 6. The van der Waals surface area contributed by atoms with E-state index in [1.165, 1.54) is 33.2 Å². The van der Waals surface area contributed by atoms with E-state index in [4.69, 9.17) is 14.2 Å². The summed E-state index contributed by atoms with van der Waals surface area (Å²) in [6, 6.07) is 4.35. The topological polar surface area (TPSA) is 85.3 Å². The molecule has 1 atom stereocenters. The maximum Gasteiger partial charge on any atom is 0.290 e. The minimum atomic E-state index is -0.754. The first kappa shape index (κ1) is 17.8. The van der Waals surface area contributed by atoms with Crippen LogP contribution >= 0.6 is 0 Å². The van der Waals surface area contributed by atoms with Crippen LogP contribution in [0.5, 0.6) is 11.5 Å². The van der Waals surface area contributed by atoms with Crippen molar-refractivity contribution in [1.82, 2.24) is 4.90 Å². The Morgan fingerprint density at radius 2 is 1.96 bits per heavy atom. The fraction of sp³-hybridized carbons (Fsp3) is 0.412. The largest absolute Gasteiger partial charge is 0.503 e. The second-order valence-corrected chi connectivity index (χ2v) is 5.32. The summed E-state index contributed by atoms with van der Waals surface area (Å²) >= 11 is 0. The highest BCUT2D eigenvalue weighted by atomic mass is 16.5. The van der Waals surface area contributed by atoms with Crippen molar-refractivity contribution in [2.45, 2.75) is 13.0 Å². The number of Topliss-reactive ketones (excluding diaryl/α,β-unsaturated/α-hetero) is 1. The molecule has 0 unspecified atom stereocenters. The summed E-state index contributed by atoms with van der Waals surface area (Å²) in [6.45, 7) is 1.81. The van der Waals surface area contributed by atoms with Gasteiger partial charge in [0.05, 0.1) is 32.4 Å². The Morgan fingerprint density at radius 1 is 1.25 bits per heavy atom. The summed E-state index contributed by atoms with van der Waals surface area (Å²) in [5.41, 5.74) is 0.609. The van der Waals surface area contributed by atoms with Crippen molar-refractivity contribution in [1.29, 1.82) is 0 Å². The number of hydrogen-bond donors (Lipinski definition) is 1. The van der Waals surface area contributed by atoms with Gasteiger partial charge in [-0.1, -0.05) is 0 Å². The van der Waals surface area contributed by atoms with E-state index in [0.29, 0.717) is 17.1 Å². The molecule has 0 spiro atoms. The van der Waals surface area contributed by atoms with Crippen LogP contribution in [0.3, 0.4) is 0 Å². The van der Waals surface area contributed by atoms with Crippen molar-refractivity contribution in [2.24, 2.45) is 0 Å². The zero-order valence-electron chi connectivity index (χ0n) is 14.2. The number of carbonyl (C=O) groups excluding carboxylic acids is 2. The van der Waals surface area contributed by atoms with E-state index < -0.39 is 17.7 Å². The maximum atomic E-state index is 12.4. The number of benzene rings is 1. The number of ether oxygens (including phenoxy) is 3. The molecule has 24 heavy (non-hydrogen) atoms. The van der Waals surface area contributed by atoms with Crippen LogP contribution in [-0.2, 0) is 14.3 Å². The molecule has 2 rings (SSSR count). The van der Waals surface area contributed by atoms with Gasteiger partial charge in [-0.2, -0.15) is 0 Å². The van der Waals surface area contributed by atoms with Gasteiger partial charge in [-0.15, -0.1) is 0 Å². The summed E-state index contributed by atoms with van der Waals surface area (Å²) < 4.78 is 15.6. The van der Waals surface area contributed by atoms with E-state index in [-0.39, 0.29) is 24.5 Å². The first-order valence-electron chi connectivity index (χ1n) is 7.42. The smallest absolute Gasteiger partial charge is 0.290 e. The molecule has 0 aromatic heterocycles. The number of ketones is 1. The van der Waals surface area contributed by atoms with Gasteiger partial charge >= 0.3 is 0 Å². The van der Waals surface area contributed by atoms with Crippen LogP contribution in [-0.4, -0.2) is 56.2 Å². The predicted octanol–water partition coefficient (Wildman–Crippen LogP) is 1.63. The molecule has 130 valence electrons. The summed E-state index contributed by atoms with van der Waals surface area (Å²) in [4.78, 5) is 25.9. The lowest BCUT2D eigenvalue weighted by Gasteiger charge is -2.27. The Morgan fingerprint density at radius 3 is 2.50 bits per heavy atom. The third kappa shape index (κ3) is 3.07. The molecule has 1 amide bonds. The molecule has 0 bridgehead atoms. The van der Waals surface area contributed by atoms with Gasteiger partial charge < -0.3 is 24.2 Å². The minimum absolute atomic E-state index is 0.0441. The lowest BCUT2D eigenvalue weighted by Crippen LogP contribution is -2.34. The Balaban J connectivity index is 2.61. The fourth-order valence-electron chi connectivity index (χ4n) is 2.81. The molecule has 1 heterocycles. The van der Waals surface area contributed by atoms with Crippen molar-refractivity contribution >= 4 is 11.7 Å². The standard InChI is InChI=1S/C17H21NO6/c1-10(19)14-15(18(7-8-22-2)17(21)16(14)20)12-9-11(23-3)5-6-13(12)24-4/h5-6,9,15,20H,7-8H2,1-4H3/t15-/m1/s1. The number of aliphatic hydroxyl groups excluding tert-OH is 1. The normalized spacial score (nSPS) is 17.4. The molecule has 1 N–H and O–H groups in total. The zero-order chi connectivity index (χ0) is 17.9. The Kier molecular flexibility index (Phi) is 5.46. The van der Waals surface area contributed by atoms with Crippen molar-refractivity contribution in [3.8, 4) is 11.5 Å². The van der Waals surface area contributed by atoms with Gasteiger partial charge in [0.1, 0.15) is 11.5 Å². The number of aliphatic hydroxyl groups is 1. The van der Waals surface area contributed by atoms with Gasteiger partial charge in [0.2, 0.25) is 0 Å². The van der Waals surface area contributed by atoms with E-state index in [1.54, 1.807) is 18.2 Å². The molecule has 0 aliphatic carbocycles. The van der Waals surface area contributed by atoms with Crippen LogP contribution in [0.4, 0.5) is 0 Å². The summed E-state index contributed by atoms with van der Waals surface area (Å²) in [7, 11) is 4.53. The molecule has 1 aliphatic rings. The number of carbonyl (C=O) groups is 2. The van der Waals surface area contributed by atoms with Gasteiger partial charge in [-0.3, -0.25) is 9.59 Å². The second kappa shape index (κ2) is 7.35. The SMILES string of the molecule is COCCN1C(=O)C(O)=C(C(C)=O)[C@H]1c1cc(OC)ccc1OC. The van der Waals surface area contributed by atoms with Gasteiger partial charge in [-0.25, -0.2) is 0 Å². The zero-order valence-corrected chi connectivity index (χ0v) is 14.2. The average molecular weight is 335 g/mol. The molecule has 0 fully saturated rings. The third-order valence-electron chi connectivity index (χ3n) is 3.95. The van der Waals surface area contributed by atoms with Crippen LogP contribution in [0.1, 0.15) is 18.5 Å². The van der Waals surface area contributed by atoms with Gasteiger partial charge in [0.15, 0.2) is 11.5 Å². The summed E-state index contributed by atoms with van der Waals surface area (Å²) in [6.07, 6.45) is 0. The van der Waals surface area contributed by atoms with Crippen LogP contribution < -0.4 is 9.47 Å². The van der Waals surface area contributed by atoms with E-state index in [1.807, 2.05) is 0 Å². The third-order valence-corrected chi connectivity index (χ3v) is 3.95. The number of amides is 1. The van der Waals surface area contributed by atoms with Gasteiger partial charge in [0.25, 0.3) is 5.91 Å². The van der Waals surface area contributed by atoms with Gasteiger partial charge in [0, 0.05) is 19.2 Å². The van der Waals surface area contributed by atoms with E-state index in [0.717, 1.165) is 0 Å². The molecule has 0 radical (unpaired) electrons. The monoisotopic (exact) mass is 335 g/mol. The second-order valence-electron chi connectivity index (χ2n) is 5.32. The lowest BCUT2D eigenvalue weighted by atomic mass is 9.95. The maximum absolute atomic E-state index is 12.4. The summed E-state index contributed by atoms with van der Waals surface area (Å²) in [5, 5.41) is 10.2. The number of rotatable bonds is 7. The van der Waals surface area contributed by atoms with Crippen LogP contribution in [0.2, 0.25) is 0 Å². The average Bonchev–Trinajstić information content (AvgIpc) is 2.83. The quantitative estimate of drug-likeness (QED) is 0.815. The lowest BCUT2D eigenvalue weighted by molar-refractivity contribution is -0.130. The molecule has 1 aromatic carbocycles. The van der Waals surface area contributed by atoms with Crippen molar-refractivity contribution in [3.05, 3.63) is 35.1 Å². The Hall–Kier alpha value is -2.54. The van der Waals surface area contributed by atoms with Crippen LogP contribution in [0, 0.1) is 0 Å². The molecule has 1 aliphatic heterocycles. The highest BCUT2D eigenvalue weighted by molar-refractivity contribution is 6.08. The molecule has 0 saturated carbocycles. The molecular formula is C17H21NO6. The van der Waals surface area contributed by atoms with E-state index >= 15 is 0 Å². The highest BCUT2D eigenvalue weighted by Gasteiger charge is 2.43. The number of nitrogens with zero attached hydrogens (tertiary/aromatic N) is 1. The number of methoxy groups -OCH3 is 3.